The molecular weight excluding hydrogens is 256 g/mol. The van der Waals surface area contributed by atoms with Gasteiger partial charge >= 0.3 is 5.97 Å². The van der Waals surface area contributed by atoms with Crippen molar-refractivity contribution in [2.24, 2.45) is 0 Å². The first-order valence-electron chi connectivity index (χ1n) is 5.73. The summed E-state index contributed by atoms with van der Waals surface area (Å²) in [6.07, 6.45) is -2.56. The predicted molar refractivity (Wildman–Crippen MR) is 68.4 cm³/mol. The number of aryl methyl sites for hydroxylation is 1. The number of benzene rings is 1. The Morgan fingerprint density at radius 1 is 1.44 bits per heavy atom. The van der Waals surface area contributed by atoms with E-state index in [2.05, 4.69) is 0 Å². The number of esters is 1. The topological polar surface area (TPSA) is 66.8 Å². The van der Waals surface area contributed by atoms with Crippen LogP contribution in [0.4, 0.5) is 0 Å². The van der Waals surface area contributed by atoms with Crippen molar-refractivity contribution in [1.82, 2.24) is 0 Å². The quantitative estimate of drug-likeness (QED) is 0.805. The largest absolute Gasteiger partial charge is 0.466 e. The Morgan fingerprint density at radius 3 is 2.67 bits per heavy atom. The number of carbonyl (C=O) groups excluding carboxylic acids is 1. The molecule has 18 heavy (non-hydrogen) atoms. The monoisotopic (exact) mass is 272 g/mol. The van der Waals surface area contributed by atoms with Gasteiger partial charge in [-0.1, -0.05) is 17.7 Å². The minimum absolute atomic E-state index is 0.239. The van der Waals surface area contributed by atoms with Gasteiger partial charge in [-0.15, -0.1) is 0 Å². The average Bonchev–Trinajstić information content (AvgIpc) is 2.28. The summed E-state index contributed by atoms with van der Waals surface area (Å²) in [6, 6.07) is 4.96. The van der Waals surface area contributed by atoms with Gasteiger partial charge in [0.25, 0.3) is 0 Å². The molecule has 0 bridgehead atoms. The Balaban J connectivity index is 2.73. The standard InChI is InChI=1S/C13H17ClO4/c1-3-18-12(16)7-11(15)13(17)10-5-4-9(14)6-8(10)2/h4-6,11,13,15,17H,3,7H2,1-2H3. The van der Waals surface area contributed by atoms with Crippen LogP contribution in [-0.2, 0) is 9.53 Å². The summed E-state index contributed by atoms with van der Waals surface area (Å²) in [4.78, 5) is 11.2. The highest BCUT2D eigenvalue weighted by Crippen LogP contribution is 2.25. The van der Waals surface area contributed by atoms with E-state index in [1.54, 1.807) is 32.0 Å². The van der Waals surface area contributed by atoms with Gasteiger partial charge in [0.2, 0.25) is 0 Å². The lowest BCUT2D eigenvalue weighted by atomic mass is 9.98. The number of carbonyl (C=O) groups is 1. The Hall–Kier alpha value is -1.10. The van der Waals surface area contributed by atoms with Crippen LogP contribution in [0.3, 0.4) is 0 Å². The van der Waals surface area contributed by atoms with E-state index in [4.69, 9.17) is 16.3 Å². The van der Waals surface area contributed by atoms with Crippen molar-refractivity contribution in [3.63, 3.8) is 0 Å². The number of hydrogen-bond donors (Lipinski definition) is 2. The number of halogens is 1. The molecule has 2 N–H and O–H groups in total. The van der Waals surface area contributed by atoms with Crippen LogP contribution in [0.15, 0.2) is 18.2 Å². The second kappa shape index (κ2) is 6.73. The summed E-state index contributed by atoms with van der Waals surface area (Å²) in [5, 5.41) is 20.3. The average molecular weight is 273 g/mol. The van der Waals surface area contributed by atoms with Crippen LogP contribution in [0.25, 0.3) is 0 Å². The first-order chi connectivity index (χ1) is 8.45. The van der Waals surface area contributed by atoms with Gasteiger partial charge in [-0.05, 0) is 37.1 Å². The number of ether oxygens (including phenoxy) is 1. The molecular formula is C13H17ClO4. The normalized spacial score (nSPS) is 14.1. The third-order valence-corrected chi connectivity index (χ3v) is 2.83. The third kappa shape index (κ3) is 3.98. The van der Waals surface area contributed by atoms with Gasteiger partial charge < -0.3 is 14.9 Å². The lowest BCUT2D eigenvalue weighted by Gasteiger charge is -2.19. The van der Waals surface area contributed by atoms with Gasteiger partial charge in [-0.2, -0.15) is 0 Å². The lowest BCUT2D eigenvalue weighted by molar-refractivity contribution is -0.147. The highest BCUT2D eigenvalue weighted by molar-refractivity contribution is 6.30. The lowest BCUT2D eigenvalue weighted by Crippen LogP contribution is -2.23. The second-order valence-electron chi connectivity index (χ2n) is 4.02. The fourth-order valence-electron chi connectivity index (χ4n) is 1.68. The van der Waals surface area contributed by atoms with E-state index in [0.717, 1.165) is 5.56 Å². The van der Waals surface area contributed by atoms with Crippen molar-refractivity contribution in [3.05, 3.63) is 34.3 Å². The highest BCUT2D eigenvalue weighted by Gasteiger charge is 2.23. The van der Waals surface area contributed by atoms with Crippen molar-refractivity contribution in [1.29, 1.82) is 0 Å². The van der Waals surface area contributed by atoms with Crippen LogP contribution < -0.4 is 0 Å². The van der Waals surface area contributed by atoms with Gasteiger partial charge in [-0.3, -0.25) is 4.79 Å². The van der Waals surface area contributed by atoms with Crippen LogP contribution >= 0.6 is 11.6 Å². The van der Waals surface area contributed by atoms with Crippen LogP contribution in [0.2, 0.25) is 5.02 Å². The van der Waals surface area contributed by atoms with Gasteiger partial charge in [0.1, 0.15) is 6.10 Å². The first kappa shape index (κ1) is 15.0. The molecule has 0 aliphatic heterocycles. The third-order valence-electron chi connectivity index (χ3n) is 2.60. The molecule has 0 aromatic heterocycles. The molecule has 0 fully saturated rings. The molecule has 5 heteroatoms. The van der Waals surface area contributed by atoms with Gasteiger partial charge in [-0.25, -0.2) is 0 Å². The molecule has 1 aromatic carbocycles. The van der Waals surface area contributed by atoms with Crippen LogP contribution in [0.5, 0.6) is 0 Å². The molecule has 0 amide bonds. The molecule has 1 aromatic rings. The highest BCUT2D eigenvalue weighted by atomic mass is 35.5. The molecule has 0 aliphatic carbocycles. The molecule has 0 saturated carbocycles. The van der Waals surface area contributed by atoms with Crippen LogP contribution in [0, 0.1) is 6.92 Å². The van der Waals surface area contributed by atoms with Crippen molar-refractivity contribution in [2.75, 3.05) is 6.61 Å². The molecule has 100 valence electrons. The molecule has 0 spiro atoms. The fraction of sp³-hybridized carbons (Fsp3) is 0.462. The molecule has 1 rings (SSSR count). The van der Waals surface area contributed by atoms with Crippen molar-refractivity contribution in [3.8, 4) is 0 Å². The Bertz CT molecular complexity index is 419. The molecule has 0 saturated heterocycles. The van der Waals surface area contributed by atoms with E-state index in [-0.39, 0.29) is 13.0 Å². The smallest absolute Gasteiger partial charge is 0.308 e. The molecule has 2 unspecified atom stereocenters. The molecule has 0 aliphatic rings. The Kier molecular flexibility index (Phi) is 5.59. The molecule has 2 atom stereocenters. The van der Waals surface area contributed by atoms with Crippen molar-refractivity contribution < 1.29 is 19.7 Å². The van der Waals surface area contributed by atoms with E-state index in [0.29, 0.717) is 10.6 Å². The maximum Gasteiger partial charge on any atom is 0.308 e. The molecule has 0 radical (unpaired) electrons. The van der Waals surface area contributed by atoms with Gasteiger partial charge in [0.05, 0.1) is 19.1 Å². The maximum atomic E-state index is 11.2. The Labute approximate surface area is 111 Å². The summed E-state index contributed by atoms with van der Waals surface area (Å²) >= 11 is 5.81. The zero-order valence-electron chi connectivity index (χ0n) is 10.4. The second-order valence-corrected chi connectivity index (χ2v) is 4.46. The minimum atomic E-state index is -1.19. The van der Waals surface area contributed by atoms with Gasteiger partial charge in [0.15, 0.2) is 0 Å². The fourth-order valence-corrected chi connectivity index (χ4v) is 1.91. The number of rotatable bonds is 5. The van der Waals surface area contributed by atoms with Crippen LogP contribution in [-0.4, -0.2) is 28.9 Å². The summed E-state index contributed by atoms with van der Waals surface area (Å²) in [7, 11) is 0. The number of aliphatic hydroxyl groups is 2. The van der Waals surface area contributed by atoms with E-state index in [1.807, 2.05) is 0 Å². The molecule has 0 heterocycles. The summed E-state index contributed by atoms with van der Waals surface area (Å²) in [6.45, 7) is 3.72. The first-order valence-corrected chi connectivity index (χ1v) is 6.11. The zero-order valence-corrected chi connectivity index (χ0v) is 11.1. The molecule has 4 nitrogen and oxygen atoms in total. The van der Waals surface area contributed by atoms with Gasteiger partial charge in [0, 0.05) is 5.02 Å². The number of hydrogen-bond acceptors (Lipinski definition) is 4. The van der Waals surface area contributed by atoms with E-state index < -0.39 is 18.2 Å². The summed E-state index contributed by atoms with van der Waals surface area (Å²) < 4.78 is 4.72. The van der Waals surface area contributed by atoms with Crippen molar-refractivity contribution >= 4 is 17.6 Å². The number of aliphatic hydroxyl groups excluding tert-OH is 2. The van der Waals surface area contributed by atoms with Crippen molar-refractivity contribution in [2.45, 2.75) is 32.5 Å². The summed E-state index contributed by atoms with van der Waals surface area (Å²) in [5.74, 6) is -0.532. The SMILES string of the molecule is CCOC(=O)CC(O)C(O)c1ccc(Cl)cc1C. The van der Waals surface area contributed by atoms with Crippen LogP contribution in [0.1, 0.15) is 30.6 Å². The maximum absolute atomic E-state index is 11.2. The minimum Gasteiger partial charge on any atom is -0.466 e. The summed E-state index contributed by atoms with van der Waals surface area (Å²) in [5.41, 5.74) is 1.31. The Morgan fingerprint density at radius 2 is 2.11 bits per heavy atom. The predicted octanol–water partition coefficient (Wildman–Crippen LogP) is 2.00. The van der Waals surface area contributed by atoms with E-state index >= 15 is 0 Å². The van der Waals surface area contributed by atoms with E-state index in [9.17, 15) is 15.0 Å². The zero-order chi connectivity index (χ0) is 13.7. The van der Waals surface area contributed by atoms with E-state index in [1.165, 1.54) is 0 Å².